The number of carbonyl (C=O) groups excluding carboxylic acids is 1. The normalized spacial score (nSPS) is 13.1. The summed E-state index contributed by atoms with van der Waals surface area (Å²) in [6.07, 6.45) is 3.96. The average Bonchev–Trinajstić information content (AvgIpc) is 2.53. The summed E-state index contributed by atoms with van der Waals surface area (Å²) in [7, 11) is 0. The fourth-order valence-corrected chi connectivity index (χ4v) is 3.02. The van der Waals surface area contributed by atoms with Gasteiger partial charge in [0.2, 0.25) is 0 Å². The summed E-state index contributed by atoms with van der Waals surface area (Å²) in [5, 5.41) is 14.8. The van der Waals surface area contributed by atoms with Gasteiger partial charge in [0.1, 0.15) is 0 Å². The minimum atomic E-state index is -0.848. The van der Waals surface area contributed by atoms with Crippen LogP contribution in [0.4, 0.5) is 4.79 Å². The van der Waals surface area contributed by atoms with E-state index in [4.69, 9.17) is 5.11 Å². The number of urea groups is 1. The maximum atomic E-state index is 12.2. The van der Waals surface area contributed by atoms with Gasteiger partial charge in [-0.2, -0.15) is 11.8 Å². The van der Waals surface area contributed by atoms with Gasteiger partial charge in [-0.3, -0.25) is 4.79 Å². The number of hydrogen-bond donors (Lipinski definition) is 3. The molecule has 0 heterocycles. The van der Waals surface area contributed by atoms with Gasteiger partial charge in [-0.1, -0.05) is 37.3 Å². The van der Waals surface area contributed by atoms with Gasteiger partial charge in [0, 0.05) is 24.3 Å². The molecule has 3 N–H and O–H groups in total. The molecule has 0 bridgehead atoms. The molecule has 0 aliphatic rings. The zero-order valence-corrected chi connectivity index (χ0v) is 14.6. The van der Waals surface area contributed by atoms with Gasteiger partial charge in [0.05, 0.1) is 0 Å². The van der Waals surface area contributed by atoms with Crippen LogP contribution in [0, 0.1) is 0 Å². The Bertz CT molecular complexity index is 482. The first kappa shape index (κ1) is 19.4. The first-order valence-electron chi connectivity index (χ1n) is 7.86. The Balaban J connectivity index is 2.60. The van der Waals surface area contributed by atoms with Crippen molar-refractivity contribution in [2.24, 2.45) is 0 Å². The molecule has 1 aromatic carbocycles. The number of carbonyl (C=O) groups is 2. The molecule has 1 rings (SSSR count). The highest BCUT2D eigenvalue weighted by atomic mass is 32.2. The molecule has 0 aliphatic carbocycles. The minimum Gasteiger partial charge on any atom is -0.481 e. The lowest BCUT2D eigenvalue weighted by atomic mass is 10.0. The predicted octanol–water partition coefficient (Wildman–Crippen LogP) is 2.90. The highest BCUT2D eigenvalue weighted by Crippen LogP contribution is 2.08. The van der Waals surface area contributed by atoms with E-state index in [9.17, 15) is 9.59 Å². The summed E-state index contributed by atoms with van der Waals surface area (Å²) < 4.78 is 0. The Labute approximate surface area is 142 Å². The monoisotopic (exact) mass is 338 g/mol. The zero-order chi connectivity index (χ0) is 17.1. The van der Waals surface area contributed by atoms with Crippen LogP contribution in [-0.4, -0.2) is 41.2 Å². The average molecular weight is 338 g/mol. The number of benzene rings is 1. The second-order valence-corrected chi connectivity index (χ2v) is 6.41. The molecule has 5 nitrogen and oxygen atoms in total. The minimum absolute atomic E-state index is 0.0415. The number of hydrogen-bond acceptors (Lipinski definition) is 3. The molecule has 0 spiro atoms. The lowest BCUT2D eigenvalue weighted by Crippen LogP contribution is -2.47. The van der Waals surface area contributed by atoms with E-state index in [0.29, 0.717) is 12.8 Å². The van der Waals surface area contributed by atoms with E-state index in [-0.39, 0.29) is 24.5 Å². The second-order valence-electron chi connectivity index (χ2n) is 5.50. The summed E-state index contributed by atoms with van der Waals surface area (Å²) in [6, 6.07) is 9.49. The van der Waals surface area contributed by atoms with Crippen molar-refractivity contribution in [2.45, 2.75) is 44.7 Å². The molecule has 2 atom stereocenters. The Kier molecular flexibility index (Phi) is 9.21. The van der Waals surface area contributed by atoms with E-state index < -0.39 is 5.97 Å². The van der Waals surface area contributed by atoms with Crippen LogP contribution in [0.25, 0.3) is 0 Å². The van der Waals surface area contributed by atoms with Crippen molar-refractivity contribution in [3.63, 3.8) is 0 Å². The molecular weight excluding hydrogens is 312 g/mol. The summed E-state index contributed by atoms with van der Waals surface area (Å²) in [5.74, 6) is 0.0154. The van der Waals surface area contributed by atoms with E-state index >= 15 is 0 Å². The molecule has 128 valence electrons. The molecule has 1 aromatic rings. The fourth-order valence-electron chi connectivity index (χ4n) is 2.30. The van der Waals surface area contributed by atoms with Gasteiger partial charge in [-0.15, -0.1) is 0 Å². The van der Waals surface area contributed by atoms with Crippen molar-refractivity contribution in [1.29, 1.82) is 0 Å². The summed E-state index contributed by atoms with van der Waals surface area (Å²) >= 11 is 1.69. The van der Waals surface area contributed by atoms with Crippen molar-refractivity contribution < 1.29 is 14.7 Å². The van der Waals surface area contributed by atoms with E-state index in [2.05, 4.69) is 10.6 Å². The van der Waals surface area contributed by atoms with Crippen molar-refractivity contribution in [1.82, 2.24) is 10.6 Å². The van der Waals surface area contributed by atoms with Gasteiger partial charge in [-0.25, -0.2) is 4.79 Å². The number of thioether (sulfide) groups is 1. The molecule has 0 fully saturated rings. The van der Waals surface area contributed by atoms with Gasteiger partial charge < -0.3 is 15.7 Å². The smallest absolute Gasteiger partial charge is 0.315 e. The maximum Gasteiger partial charge on any atom is 0.315 e. The predicted molar refractivity (Wildman–Crippen MR) is 94.9 cm³/mol. The Morgan fingerprint density at radius 2 is 1.83 bits per heavy atom. The number of carboxylic acids is 1. The number of nitrogens with one attached hydrogen (secondary N) is 2. The van der Waals surface area contributed by atoms with Crippen LogP contribution in [0.3, 0.4) is 0 Å². The maximum absolute atomic E-state index is 12.2. The topological polar surface area (TPSA) is 78.4 Å². The molecule has 6 heteroatoms. The Morgan fingerprint density at radius 1 is 1.17 bits per heavy atom. The summed E-state index contributed by atoms with van der Waals surface area (Å²) in [6.45, 7) is 2.03. The van der Waals surface area contributed by atoms with Crippen molar-refractivity contribution in [2.75, 3.05) is 12.0 Å². The zero-order valence-electron chi connectivity index (χ0n) is 13.7. The van der Waals surface area contributed by atoms with Crippen LogP contribution in [0.15, 0.2) is 30.3 Å². The standard InChI is InChI=1S/C17H26N2O3S/c1-3-14(12-23-2)18-17(22)19-15(9-10-16(20)21)11-13-7-5-4-6-8-13/h4-8,14-15H,3,9-12H2,1-2H3,(H,20,21)(H2,18,19,22). The highest BCUT2D eigenvalue weighted by Gasteiger charge is 2.16. The summed E-state index contributed by atoms with van der Waals surface area (Å²) in [5.41, 5.74) is 1.08. The van der Waals surface area contributed by atoms with Crippen LogP contribution >= 0.6 is 11.8 Å². The molecule has 0 saturated heterocycles. The van der Waals surface area contributed by atoms with Crippen LogP contribution in [0.2, 0.25) is 0 Å². The van der Waals surface area contributed by atoms with Crippen molar-refractivity contribution >= 4 is 23.8 Å². The van der Waals surface area contributed by atoms with Crippen LogP contribution in [0.1, 0.15) is 31.7 Å². The highest BCUT2D eigenvalue weighted by molar-refractivity contribution is 7.98. The second kappa shape index (κ2) is 10.9. The Hall–Kier alpha value is -1.69. The van der Waals surface area contributed by atoms with Crippen LogP contribution in [0.5, 0.6) is 0 Å². The van der Waals surface area contributed by atoms with Crippen LogP contribution in [-0.2, 0) is 11.2 Å². The number of amides is 2. The third-order valence-electron chi connectivity index (χ3n) is 3.56. The van der Waals surface area contributed by atoms with E-state index in [1.807, 2.05) is 43.5 Å². The third-order valence-corrected chi connectivity index (χ3v) is 4.30. The molecule has 0 aliphatic heterocycles. The molecule has 23 heavy (non-hydrogen) atoms. The van der Waals surface area contributed by atoms with Crippen molar-refractivity contribution in [3.8, 4) is 0 Å². The molecule has 0 radical (unpaired) electrons. The molecular formula is C17H26N2O3S. The molecule has 0 aromatic heterocycles. The molecule has 2 amide bonds. The number of aliphatic carboxylic acids is 1. The fraction of sp³-hybridized carbons (Fsp3) is 0.529. The van der Waals surface area contributed by atoms with Gasteiger partial charge in [0.15, 0.2) is 0 Å². The SMILES string of the molecule is CCC(CSC)NC(=O)NC(CCC(=O)O)Cc1ccccc1. The number of rotatable bonds is 10. The Morgan fingerprint density at radius 3 is 2.39 bits per heavy atom. The number of carboxylic acid groups (broad SMARTS) is 1. The van der Waals surface area contributed by atoms with Gasteiger partial charge in [-0.05, 0) is 31.1 Å². The first-order chi connectivity index (χ1) is 11.0. The van der Waals surface area contributed by atoms with E-state index in [1.165, 1.54) is 0 Å². The lowest BCUT2D eigenvalue weighted by molar-refractivity contribution is -0.137. The largest absolute Gasteiger partial charge is 0.481 e. The third kappa shape index (κ3) is 8.50. The molecule has 2 unspecified atom stereocenters. The van der Waals surface area contributed by atoms with E-state index in [1.54, 1.807) is 11.8 Å². The van der Waals surface area contributed by atoms with E-state index in [0.717, 1.165) is 17.7 Å². The van der Waals surface area contributed by atoms with Gasteiger partial charge in [0.25, 0.3) is 0 Å². The molecule has 0 saturated carbocycles. The summed E-state index contributed by atoms with van der Waals surface area (Å²) in [4.78, 5) is 23.0. The first-order valence-corrected chi connectivity index (χ1v) is 9.26. The van der Waals surface area contributed by atoms with Gasteiger partial charge >= 0.3 is 12.0 Å². The van der Waals surface area contributed by atoms with Crippen molar-refractivity contribution in [3.05, 3.63) is 35.9 Å². The quantitative estimate of drug-likeness (QED) is 0.613. The van der Waals surface area contributed by atoms with Crippen LogP contribution < -0.4 is 10.6 Å². The lowest BCUT2D eigenvalue weighted by Gasteiger charge is -2.21.